The number of carbonyl (C=O) groups is 2. The SMILES string of the molecule is O=C(NC1CCCC1)[C@@H](c1ccccc1)N1Cc2ccccc2C1=O. The van der Waals surface area contributed by atoms with Crippen LogP contribution in [0.5, 0.6) is 0 Å². The number of nitrogens with one attached hydrogen (secondary N) is 1. The standard InChI is InChI=1S/C21H22N2O2/c24-20(22-17-11-5-6-12-17)19(15-8-2-1-3-9-15)23-14-16-10-4-7-13-18(16)21(23)25/h1-4,7-10,13,17,19H,5-6,11-12,14H2,(H,22,24)/t19-/m1/s1. The molecule has 0 aromatic heterocycles. The van der Waals surface area contributed by atoms with E-state index in [4.69, 9.17) is 0 Å². The number of benzene rings is 2. The van der Waals surface area contributed by atoms with Crippen molar-refractivity contribution < 1.29 is 9.59 Å². The Labute approximate surface area is 147 Å². The van der Waals surface area contributed by atoms with E-state index >= 15 is 0 Å². The van der Waals surface area contributed by atoms with Gasteiger partial charge in [-0.05, 0) is 30.0 Å². The zero-order chi connectivity index (χ0) is 17.2. The lowest BCUT2D eigenvalue weighted by Crippen LogP contribution is -2.44. The van der Waals surface area contributed by atoms with Crippen molar-refractivity contribution in [1.29, 1.82) is 0 Å². The van der Waals surface area contributed by atoms with E-state index in [1.54, 1.807) is 4.90 Å². The van der Waals surface area contributed by atoms with E-state index in [1.807, 2.05) is 54.6 Å². The third-order valence-electron chi connectivity index (χ3n) is 5.23. The summed E-state index contributed by atoms with van der Waals surface area (Å²) in [5.41, 5.74) is 2.55. The van der Waals surface area contributed by atoms with Crippen LogP contribution in [0.25, 0.3) is 0 Å². The van der Waals surface area contributed by atoms with E-state index < -0.39 is 6.04 Å². The lowest BCUT2D eigenvalue weighted by atomic mass is 10.0. The lowest BCUT2D eigenvalue weighted by molar-refractivity contribution is -0.126. The molecule has 0 radical (unpaired) electrons. The van der Waals surface area contributed by atoms with Gasteiger partial charge in [-0.25, -0.2) is 0 Å². The first-order chi connectivity index (χ1) is 12.2. The average Bonchev–Trinajstić information content (AvgIpc) is 3.25. The number of hydrogen-bond acceptors (Lipinski definition) is 2. The summed E-state index contributed by atoms with van der Waals surface area (Å²) in [5, 5.41) is 3.17. The van der Waals surface area contributed by atoms with E-state index in [0.717, 1.165) is 36.8 Å². The second-order valence-electron chi connectivity index (χ2n) is 6.89. The van der Waals surface area contributed by atoms with Crippen LogP contribution < -0.4 is 5.32 Å². The van der Waals surface area contributed by atoms with Crippen molar-refractivity contribution in [2.24, 2.45) is 0 Å². The Bertz CT molecular complexity index is 781. The van der Waals surface area contributed by atoms with Crippen molar-refractivity contribution in [1.82, 2.24) is 10.2 Å². The van der Waals surface area contributed by atoms with Gasteiger partial charge >= 0.3 is 0 Å². The number of amides is 2. The molecule has 1 fully saturated rings. The molecule has 2 aromatic rings. The quantitative estimate of drug-likeness (QED) is 0.931. The molecule has 1 N–H and O–H groups in total. The maximum atomic E-state index is 13.1. The van der Waals surface area contributed by atoms with Crippen molar-refractivity contribution in [3.05, 3.63) is 71.3 Å². The summed E-state index contributed by atoms with van der Waals surface area (Å²) in [6.45, 7) is 0.479. The van der Waals surface area contributed by atoms with Crippen molar-refractivity contribution in [3.63, 3.8) is 0 Å². The smallest absolute Gasteiger partial charge is 0.255 e. The predicted octanol–water partition coefficient (Wildman–Crippen LogP) is 3.44. The predicted molar refractivity (Wildman–Crippen MR) is 95.9 cm³/mol. The molecule has 128 valence electrons. The number of carbonyl (C=O) groups excluding carboxylic acids is 2. The van der Waals surface area contributed by atoms with Crippen LogP contribution in [0.1, 0.15) is 53.2 Å². The second kappa shape index (κ2) is 6.71. The van der Waals surface area contributed by atoms with Gasteiger partial charge in [0.1, 0.15) is 6.04 Å². The van der Waals surface area contributed by atoms with Gasteiger partial charge < -0.3 is 10.2 Å². The van der Waals surface area contributed by atoms with Crippen LogP contribution in [0.3, 0.4) is 0 Å². The van der Waals surface area contributed by atoms with Gasteiger partial charge in [-0.15, -0.1) is 0 Å². The highest BCUT2D eigenvalue weighted by Gasteiger charge is 2.37. The van der Waals surface area contributed by atoms with Crippen LogP contribution in [-0.2, 0) is 11.3 Å². The largest absolute Gasteiger partial charge is 0.351 e. The van der Waals surface area contributed by atoms with E-state index in [9.17, 15) is 9.59 Å². The molecule has 0 spiro atoms. The van der Waals surface area contributed by atoms with Gasteiger partial charge in [-0.3, -0.25) is 9.59 Å². The Morgan fingerprint density at radius 3 is 2.40 bits per heavy atom. The van der Waals surface area contributed by atoms with Gasteiger partial charge in [0.2, 0.25) is 5.91 Å². The number of rotatable bonds is 4. The van der Waals surface area contributed by atoms with Crippen LogP contribution in [0, 0.1) is 0 Å². The minimum absolute atomic E-state index is 0.0639. The van der Waals surface area contributed by atoms with Crippen molar-refractivity contribution in [2.75, 3.05) is 0 Å². The zero-order valence-corrected chi connectivity index (χ0v) is 14.2. The van der Waals surface area contributed by atoms with Crippen LogP contribution in [0.4, 0.5) is 0 Å². The Hall–Kier alpha value is -2.62. The molecular weight excluding hydrogens is 312 g/mol. The van der Waals surface area contributed by atoms with Gasteiger partial charge in [0.25, 0.3) is 5.91 Å². The van der Waals surface area contributed by atoms with Gasteiger partial charge in [0.15, 0.2) is 0 Å². The number of hydrogen-bond donors (Lipinski definition) is 1. The highest BCUT2D eigenvalue weighted by atomic mass is 16.2. The molecule has 4 heteroatoms. The fourth-order valence-corrected chi connectivity index (χ4v) is 3.94. The van der Waals surface area contributed by atoms with Crippen LogP contribution in [0.15, 0.2) is 54.6 Å². The molecule has 2 amide bonds. The zero-order valence-electron chi connectivity index (χ0n) is 14.2. The molecule has 1 saturated carbocycles. The minimum atomic E-state index is -0.582. The highest BCUT2D eigenvalue weighted by Crippen LogP contribution is 2.32. The fourth-order valence-electron chi connectivity index (χ4n) is 3.94. The number of nitrogens with zero attached hydrogens (tertiary/aromatic N) is 1. The Kier molecular flexibility index (Phi) is 4.26. The first kappa shape index (κ1) is 15.9. The maximum absolute atomic E-state index is 13.1. The van der Waals surface area contributed by atoms with Crippen LogP contribution >= 0.6 is 0 Å². The third-order valence-corrected chi connectivity index (χ3v) is 5.23. The first-order valence-electron chi connectivity index (χ1n) is 8.98. The summed E-state index contributed by atoms with van der Waals surface area (Å²) in [7, 11) is 0. The molecule has 1 aliphatic carbocycles. The van der Waals surface area contributed by atoms with E-state index in [1.165, 1.54) is 0 Å². The van der Waals surface area contributed by atoms with Gasteiger partial charge in [-0.2, -0.15) is 0 Å². The summed E-state index contributed by atoms with van der Waals surface area (Å²) in [5.74, 6) is -0.134. The summed E-state index contributed by atoms with van der Waals surface area (Å²) in [4.78, 5) is 27.7. The van der Waals surface area contributed by atoms with Crippen LogP contribution in [-0.4, -0.2) is 22.8 Å². The molecule has 2 aromatic carbocycles. The molecule has 0 bridgehead atoms. The van der Waals surface area contributed by atoms with Crippen molar-refractivity contribution in [2.45, 2.75) is 44.3 Å². The van der Waals surface area contributed by atoms with Gasteiger partial charge in [0.05, 0.1) is 0 Å². The third kappa shape index (κ3) is 3.04. The Morgan fingerprint density at radius 1 is 1.00 bits per heavy atom. The average molecular weight is 334 g/mol. The molecule has 1 atom stereocenters. The molecule has 4 rings (SSSR count). The first-order valence-corrected chi connectivity index (χ1v) is 8.98. The van der Waals surface area contributed by atoms with Gasteiger partial charge in [0, 0.05) is 18.2 Å². The summed E-state index contributed by atoms with van der Waals surface area (Å²) < 4.78 is 0. The molecule has 4 nitrogen and oxygen atoms in total. The van der Waals surface area contributed by atoms with E-state index in [0.29, 0.717) is 12.1 Å². The van der Waals surface area contributed by atoms with E-state index in [-0.39, 0.29) is 17.9 Å². The summed E-state index contributed by atoms with van der Waals surface area (Å²) in [6.07, 6.45) is 4.38. The van der Waals surface area contributed by atoms with E-state index in [2.05, 4.69) is 5.32 Å². The molecule has 0 unspecified atom stereocenters. The fraction of sp³-hybridized carbons (Fsp3) is 0.333. The molecule has 1 heterocycles. The molecule has 0 saturated heterocycles. The second-order valence-corrected chi connectivity index (χ2v) is 6.89. The normalized spacial score (nSPS) is 18.2. The van der Waals surface area contributed by atoms with Crippen molar-refractivity contribution >= 4 is 11.8 Å². The maximum Gasteiger partial charge on any atom is 0.255 e. The minimum Gasteiger partial charge on any atom is -0.351 e. The molecule has 1 aliphatic heterocycles. The molecule has 2 aliphatic rings. The highest BCUT2D eigenvalue weighted by molar-refractivity contribution is 6.01. The van der Waals surface area contributed by atoms with Gasteiger partial charge in [-0.1, -0.05) is 61.4 Å². The van der Waals surface area contributed by atoms with Crippen LogP contribution in [0.2, 0.25) is 0 Å². The Morgan fingerprint density at radius 2 is 1.68 bits per heavy atom. The van der Waals surface area contributed by atoms with Crippen molar-refractivity contribution in [3.8, 4) is 0 Å². The topological polar surface area (TPSA) is 49.4 Å². The summed E-state index contributed by atoms with van der Waals surface area (Å²) >= 11 is 0. The lowest BCUT2D eigenvalue weighted by Gasteiger charge is -2.28. The molecule has 25 heavy (non-hydrogen) atoms. The molecular formula is C21H22N2O2. The Balaban J connectivity index is 1.64. The summed E-state index contributed by atoms with van der Waals surface area (Å²) in [6, 6.07) is 16.9. The monoisotopic (exact) mass is 334 g/mol. The number of fused-ring (bicyclic) bond motifs is 1.